The number of nitrogens with zero attached hydrogens (tertiary/aromatic N) is 3. The van der Waals surface area contributed by atoms with Crippen molar-refractivity contribution in [3.8, 4) is 6.07 Å². The third-order valence-corrected chi connectivity index (χ3v) is 4.72. The van der Waals surface area contributed by atoms with E-state index in [2.05, 4.69) is 37.8 Å². The highest BCUT2D eigenvalue weighted by Crippen LogP contribution is 2.27. The first kappa shape index (κ1) is 15.8. The molecule has 1 heterocycles. The monoisotopic (exact) mass is 285 g/mol. The Morgan fingerprint density at radius 1 is 1.24 bits per heavy atom. The number of hydrogen-bond donors (Lipinski definition) is 0. The van der Waals surface area contributed by atoms with Crippen molar-refractivity contribution >= 4 is 5.82 Å². The van der Waals surface area contributed by atoms with Gasteiger partial charge in [0.1, 0.15) is 11.9 Å². The van der Waals surface area contributed by atoms with Crippen molar-refractivity contribution in [3.05, 3.63) is 22.9 Å². The van der Waals surface area contributed by atoms with Crippen molar-refractivity contribution in [2.24, 2.45) is 5.92 Å². The normalized spacial score (nSPS) is 13.9. The van der Waals surface area contributed by atoms with E-state index < -0.39 is 0 Å². The number of fused-ring (bicyclic) bond motifs is 1. The molecular weight excluding hydrogens is 258 g/mol. The second-order valence-corrected chi connectivity index (χ2v) is 6.01. The zero-order valence-corrected chi connectivity index (χ0v) is 13.7. The first-order valence-electron chi connectivity index (χ1n) is 8.41. The summed E-state index contributed by atoms with van der Waals surface area (Å²) in [6, 6.07) is 4.46. The highest BCUT2D eigenvalue weighted by Gasteiger charge is 2.19. The van der Waals surface area contributed by atoms with E-state index in [1.165, 1.54) is 36.9 Å². The summed E-state index contributed by atoms with van der Waals surface area (Å²) in [7, 11) is 0. The number of aryl methyl sites for hydroxylation is 2. The fourth-order valence-electron chi connectivity index (χ4n) is 3.17. The molecule has 0 amide bonds. The third kappa shape index (κ3) is 3.56. The van der Waals surface area contributed by atoms with Crippen LogP contribution in [-0.4, -0.2) is 18.1 Å². The maximum Gasteiger partial charge on any atom is 0.146 e. The van der Waals surface area contributed by atoms with Crippen molar-refractivity contribution < 1.29 is 0 Å². The molecule has 114 valence electrons. The molecule has 2 rings (SSSR count). The molecule has 0 saturated heterocycles. The van der Waals surface area contributed by atoms with Gasteiger partial charge in [0.05, 0.1) is 5.56 Å². The molecule has 0 spiro atoms. The van der Waals surface area contributed by atoms with E-state index in [0.29, 0.717) is 5.92 Å². The molecule has 21 heavy (non-hydrogen) atoms. The van der Waals surface area contributed by atoms with Gasteiger partial charge < -0.3 is 4.90 Å². The number of aromatic nitrogens is 1. The molecule has 0 radical (unpaired) electrons. The van der Waals surface area contributed by atoms with Gasteiger partial charge in [0.2, 0.25) is 0 Å². The number of rotatable bonds is 6. The Balaban J connectivity index is 2.33. The number of hydrogen-bond acceptors (Lipinski definition) is 3. The maximum atomic E-state index is 9.50. The zero-order chi connectivity index (χ0) is 15.2. The number of nitriles is 1. The maximum absolute atomic E-state index is 9.50. The summed E-state index contributed by atoms with van der Waals surface area (Å²) in [4.78, 5) is 7.18. The summed E-state index contributed by atoms with van der Waals surface area (Å²) >= 11 is 0. The van der Waals surface area contributed by atoms with Crippen LogP contribution in [0.15, 0.2) is 6.07 Å². The Labute approximate surface area is 129 Å². The summed E-state index contributed by atoms with van der Waals surface area (Å²) in [6.45, 7) is 8.56. The summed E-state index contributed by atoms with van der Waals surface area (Å²) in [5.74, 6) is 1.59. The minimum Gasteiger partial charge on any atom is -0.356 e. The van der Waals surface area contributed by atoms with Crippen molar-refractivity contribution in [3.63, 3.8) is 0 Å². The lowest BCUT2D eigenvalue weighted by molar-refractivity contribution is 0.484. The first-order chi connectivity index (χ1) is 10.2. The van der Waals surface area contributed by atoms with Crippen LogP contribution in [-0.2, 0) is 12.8 Å². The Morgan fingerprint density at radius 2 is 1.95 bits per heavy atom. The topological polar surface area (TPSA) is 39.9 Å². The zero-order valence-electron chi connectivity index (χ0n) is 13.7. The van der Waals surface area contributed by atoms with Crippen LogP contribution in [0.5, 0.6) is 0 Å². The molecule has 0 aliphatic heterocycles. The van der Waals surface area contributed by atoms with Gasteiger partial charge in [-0.2, -0.15) is 5.26 Å². The molecule has 0 aromatic carbocycles. The minimum atomic E-state index is 0.675. The average Bonchev–Trinajstić information content (AvgIpc) is 2.55. The fourth-order valence-corrected chi connectivity index (χ4v) is 3.17. The molecule has 1 aliphatic rings. The quantitative estimate of drug-likeness (QED) is 0.790. The highest BCUT2D eigenvalue weighted by molar-refractivity contribution is 5.56. The van der Waals surface area contributed by atoms with Crippen LogP contribution in [0.1, 0.15) is 63.3 Å². The molecule has 3 heteroatoms. The van der Waals surface area contributed by atoms with Gasteiger partial charge in [-0.1, -0.05) is 26.7 Å². The van der Waals surface area contributed by atoms with Gasteiger partial charge in [-0.3, -0.25) is 0 Å². The van der Waals surface area contributed by atoms with Crippen LogP contribution in [0, 0.1) is 17.2 Å². The molecule has 0 fully saturated rings. The van der Waals surface area contributed by atoms with Crippen molar-refractivity contribution in [1.29, 1.82) is 5.26 Å². The molecule has 0 saturated carbocycles. The Morgan fingerprint density at radius 3 is 2.57 bits per heavy atom. The third-order valence-electron chi connectivity index (χ3n) is 4.72. The predicted molar refractivity (Wildman–Crippen MR) is 87.6 cm³/mol. The second kappa shape index (κ2) is 7.45. The van der Waals surface area contributed by atoms with E-state index in [4.69, 9.17) is 4.98 Å². The van der Waals surface area contributed by atoms with Crippen LogP contribution in [0.3, 0.4) is 0 Å². The smallest absolute Gasteiger partial charge is 0.146 e. The molecule has 0 unspecified atom stereocenters. The van der Waals surface area contributed by atoms with Crippen molar-refractivity contribution in [2.45, 2.75) is 59.3 Å². The SMILES string of the molecule is CCC(CC)CN(CC)c1nc2c(cc1C#N)CCCC2. The van der Waals surface area contributed by atoms with Crippen LogP contribution >= 0.6 is 0 Å². The molecule has 0 atom stereocenters. The lowest BCUT2D eigenvalue weighted by Gasteiger charge is -2.28. The summed E-state index contributed by atoms with van der Waals surface area (Å²) in [6.07, 6.45) is 6.96. The van der Waals surface area contributed by atoms with Gasteiger partial charge >= 0.3 is 0 Å². The lowest BCUT2D eigenvalue weighted by Crippen LogP contribution is -2.31. The second-order valence-electron chi connectivity index (χ2n) is 6.01. The summed E-state index contributed by atoms with van der Waals surface area (Å²) in [5.41, 5.74) is 3.27. The van der Waals surface area contributed by atoms with E-state index in [0.717, 1.165) is 37.3 Å². The van der Waals surface area contributed by atoms with Crippen molar-refractivity contribution in [2.75, 3.05) is 18.0 Å². The molecule has 3 nitrogen and oxygen atoms in total. The molecule has 1 aliphatic carbocycles. The minimum absolute atomic E-state index is 0.675. The predicted octanol–water partition coefficient (Wildman–Crippen LogP) is 4.09. The van der Waals surface area contributed by atoms with E-state index in [9.17, 15) is 5.26 Å². The van der Waals surface area contributed by atoms with Crippen LogP contribution < -0.4 is 4.90 Å². The Kier molecular flexibility index (Phi) is 5.61. The van der Waals surface area contributed by atoms with E-state index in [1.807, 2.05) is 0 Å². The Hall–Kier alpha value is -1.56. The Bertz CT molecular complexity index is 512. The van der Waals surface area contributed by atoms with Crippen LogP contribution in [0.2, 0.25) is 0 Å². The first-order valence-corrected chi connectivity index (χ1v) is 8.41. The van der Waals surface area contributed by atoms with Gasteiger partial charge in [-0.05, 0) is 50.2 Å². The van der Waals surface area contributed by atoms with Gasteiger partial charge in [0.15, 0.2) is 0 Å². The molecule has 0 bridgehead atoms. The fraction of sp³-hybridized carbons (Fsp3) is 0.667. The van der Waals surface area contributed by atoms with E-state index in [-0.39, 0.29) is 0 Å². The number of anilines is 1. The van der Waals surface area contributed by atoms with E-state index >= 15 is 0 Å². The largest absolute Gasteiger partial charge is 0.356 e. The van der Waals surface area contributed by atoms with Crippen LogP contribution in [0.4, 0.5) is 5.82 Å². The van der Waals surface area contributed by atoms with Gasteiger partial charge in [0, 0.05) is 18.8 Å². The number of pyridine rings is 1. The summed E-state index contributed by atoms with van der Waals surface area (Å²) in [5, 5.41) is 9.50. The van der Waals surface area contributed by atoms with Crippen molar-refractivity contribution in [1.82, 2.24) is 4.98 Å². The molecular formula is C18H27N3. The highest BCUT2D eigenvalue weighted by atomic mass is 15.2. The van der Waals surface area contributed by atoms with E-state index in [1.54, 1.807) is 0 Å². The molecule has 1 aromatic heterocycles. The lowest BCUT2D eigenvalue weighted by atomic mass is 9.94. The molecule has 1 aromatic rings. The van der Waals surface area contributed by atoms with Gasteiger partial charge in [-0.25, -0.2) is 4.98 Å². The van der Waals surface area contributed by atoms with Gasteiger partial charge in [0.25, 0.3) is 0 Å². The van der Waals surface area contributed by atoms with Crippen LogP contribution in [0.25, 0.3) is 0 Å². The van der Waals surface area contributed by atoms with Gasteiger partial charge in [-0.15, -0.1) is 0 Å². The molecule has 0 N–H and O–H groups in total. The summed E-state index contributed by atoms with van der Waals surface area (Å²) < 4.78 is 0. The average molecular weight is 285 g/mol. The standard InChI is InChI=1S/C18H27N3/c1-4-14(5-2)13-21(6-3)18-16(12-19)11-15-9-7-8-10-17(15)20-18/h11,14H,4-10,13H2,1-3H3.